The first-order valence-electron chi connectivity index (χ1n) is 13.4. The molecule has 0 aliphatic heterocycles. The Balaban J connectivity index is 1.55. The largest absolute Gasteiger partial charge is 0.264 e. The first-order valence-corrected chi connectivity index (χ1v) is 13.4. The second-order valence-corrected chi connectivity index (χ2v) is 10.1. The van der Waals surface area contributed by atoms with Gasteiger partial charge in [0.05, 0.1) is 5.69 Å². The Hall–Kier alpha value is -4.63. The molecule has 192 valence electrons. The Morgan fingerprint density at radius 2 is 1.33 bits per heavy atom. The number of rotatable bonds is 8. The van der Waals surface area contributed by atoms with Crippen LogP contribution >= 0.6 is 0 Å². The molecule has 3 aromatic carbocycles. The van der Waals surface area contributed by atoms with Crippen LogP contribution in [0.25, 0.3) is 50.5 Å². The highest BCUT2D eigenvalue weighted by molar-refractivity contribution is 5.82. The van der Waals surface area contributed by atoms with Gasteiger partial charge < -0.3 is 0 Å². The number of nitrogens with zero attached hydrogens (tertiary/aromatic N) is 3. The zero-order valence-corrected chi connectivity index (χ0v) is 22.8. The van der Waals surface area contributed by atoms with Crippen molar-refractivity contribution in [3.63, 3.8) is 0 Å². The van der Waals surface area contributed by atoms with Crippen molar-refractivity contribution in [3.05, 3.63) is 134 Å². The van der Waals surface area contributed by atoms with E-state index in [0.717, 1.165) is 27.9 Å². The summed E-state index contributed by atoms with van der Waals surface area (Å²) in [5.41, 5.74) is 9.70. The lowest BCUT2D eigenvalue weighted by Crippen LogP contribution is -1.99. The first-order chi connectivity index (χ1) is 19.0. The average Bonchev–Trinajstić information content (AvgIpc) is 3.00. The van der Waals surface area contributed by atoms with Gasteiger partial charge in [-0.3, -0.25) is 4.98 Å². The molecule has 2 heterocycles. The van der Waals surface area contributed by atoms with Gasteiger partial charge in [0.2, 0.25) is 0 Å². The minimum absolute atomic E-state index is 0.277. The highest BCUT2D eigenvalue weighted by Crippen LogP contribution is 2.33. The van der Waals surface area contributed by atoms with Gasteiger partial charge in [0.15, 0.2) is 5.82 Å². The quantitative estimate of drug-likeness (QED) is 0.196. The van der Waals surface area contributed by atoms with E-state index in [2.05, 4.69) is 111 Å². The van der Waals surface area contributed by atoms with Crippen molar-refractivity contribution in [2.45, 2.75) is 20.8 Å². The smallest absolute Gasteiger partial charge is 0.159 e. The zero-order valence-electron chi connectivity index (χ0n) is 22.8. The number of aromatic nitrogens is 3. The summed E-state index contributed by atoms with van der Waals surface area (Å²) < 4.78 is 0. The van der Waals surface area contributed by atoms with E-state index >= 15 is 0 Å². The molecule has 0 saturated heterocycles. The Labute approximate surface area is 231 Å². The predicted molar refractivity (Wildman–Crippen MR) is 164 cm³/mol. The summed E-state index contributed by atoms with van der Waals surface area (Å²) >= 11 is 0. The lowest BCUT2D eigenvalue weighted by atomic mass is 9.90. The van der Waals surface area contributed by atoms with Crippen LogP contribution in [0, 0.1) is 11.8 Å². The van der Waals surface area contributed by atoms with E-state index in [1.54, 1.807) is 6.20 Å². The Bertz CT molecular complexity index is 1570. The standard InChI is InChI=1S/C36H33N3/c1-5-26(4)33(22-25(2)3)29-15-19-31(20-16-29)36-38-24-34(32-12-9-21-37-23-32)35(39-36)30-17-13-28(14-18-30)27-10-7-6-8-11-27/h5-26H,1H2,2-4H3/b33-22+/t26-/m1/s1. The predicted octanol–water partition coefficient (Wildman–Crippen LogP) is 9.40. The highest BCUT2D eigenvalue weighted by Gasteiger charge is 2.15. The second-order valence-electron chi connectivity index (χ2n) is 10.1. The van der Waals surface area contributed by atoms with Crippen molar-refractivity contribution in [1.82, 2.24) is 15.0 Å². The molecule has 1 atom stereocenters. The fourth-order valence-electron chi connectivity index (χ4n) is 4.73. The normalized spacial score (nSPS) is 12.4. The van der Waals surface area contributed by atoms with Crippen molar-refractivity contribution < 1.29 is 0 Å². The van der Waals surface area contributed by atoms with Gasteiger partial charge in [-0.25, -0.2) is 9.97 Å². The van der Waals surface area contributed by atoms with E-state index in [0.29, 0.717) is 11.7 Å². The van der Waals surface area contributed by atoms with Gasteiger partial charge in [0.25, 0.3) is 0 Å². The fourth-order valence-corrected chi connectivity index (χ4v) is 4.73. The van der Waals surface area contributed by atoms with Crippen LogP contribution in [0.15, 0.2) is 128 Å². The van der Waals surface area contributed by atoms with Crippen molar-refractivity contribution in [2.24, 2.45) is 11.8 Å². The molecular weight excluding hydrogens is 474 g/mol. The van der Waals surface area contributed by atoms with Crippen LogP contribution in [0.2, 0.25) is 0 Å². The van der Waals surface area contributed by atoms with Crippen molar-refractivity contribution >= 4 is 5.57 Å². The van der Waals surface area contributed by atoms with Crippen LogP contribution in [0.4, 0.5) is 0 Å². The molecule has 0 aliphatic rings. The molecule has 0 aliphatic carbocycles. The van der Waals surface area contributed by atoms with Crippen molar-refractivity contribution in [2.75, 3.05) is 0 Å². The Morgan fingerprint density at radius 1 is 0.692 bits per heavy atom. The Morgan fingerprint density at radius 3 is 1.97 bits per heavy atom. The fraction of sp³-hybridized carbons (Fsp3) is 0.139. The van der Waals surface area contributed by atoms with Gasteiger partial charge in [0.1, 0.15) is 0 Å². The third kappa shape index (κ3) is 5.94. The summed E-state index contributed by atoms with van der Waals surface area (Å²) in [5, 5.41) is 0. The second kappa shape index (κ2) is 11.8. The van der Waals surface area contributed by atoms with Crippen LogP contribution < -0.4 is 0 Å². The molecule has 0 fully saturated rings. The van der Waals surface area contributed by atoms with Crippen LogP contribution in [-0.2, 0) is 0 Å². The van der Waals surface area contributed by atoms with Gasteiger partial charge in [-0.2, -0.15) is 0 Å². The van der Waals surface area contributed by atoms with E-state index in [4.69, 9.17) is 9.97 Å². The minimum Gasteiger partial charge on any atom is -0.264 e. The molecule has 0 unspecified atom stereocenters. The molecule has 0 spiro atoms. The SMILES string of the molecule is C=C[C@@H](C)/C(=C\C(C)C)c1ccc(-c2ncc(-c3cccnc3)c(-c3ccc(-c4ccccc4)cc3)n2)cc1. The number of benzene rings is 3. The topological polar surface area (TPSA) is 38.7 Å². The van der Waals surface area contributed by atoms with E-state index in [9.17, 15) is 0 Å². The molecule has 3 heteroatoms. The Kier molecular flexibility index (Phi) is 7.88. The maximum atomic E-state index is 5.10. The zero-order chi connectivity index (χ0) is 27.2. The molecule has 0 saturated carbocycles. The number of hydrogen-bond donors (Lipinski definition) is 0. The summed E-state index contributed by atoms with van der Waals surface area (Å²) in [4.78, 5) is 14.2. The van der Waals surface area contributed by atoms with Gasteiger partial charge in [-0.1, -0.05) is 118 Å². The molecule has 0 amide bonds. The third-order valence-electron chi connectivity index (χ3n) is 6.86. The summed E-state index contributed by atoms with van der Waals surface area (Å²) in [6, 6.07) is 31.5. The molecule has 3 nitrogen and oxygen atoms in total. The molecule has 39 heavy (non-hydrogen) atoms. The van der Waals surface area contributed by atoms with E-state index < -0.39 is 0 Å². The number of hydrogen-bond acceptors (Lipinski definition) is 3. The van der Waals surface area contributed by atoms with Gasteiger partial charge in [-0.05, 0) is 40.2 Å². The average molecular weight is 508 g/mol. The summed E-state index contributed by atoms with van der Waals surface area (Å²) in [7, 11) is 0. The third-order valence-corrected chi connectivity index (χ3v) is 6.86. The molecule has 2 aromatic heterocycles. The van der Waals surface area contributed by atoms with E-state index in [1.807, 2.05) is 36.7 Å². The lowest BCUT2D eigenvalue weighted by Gasteiger charge is -2.15. The maximum absolute atomic E-state index is 5.10. The van der Waals surface area contributed by atoms with E-state index in [-0.39, 0.29) is 5.92 Å². The summed E-state index contributed by atoms with van der Waals surface area (Å²) in [5.74, 6) is 1.43. The number of allylic oxidation sites excluding steroid dienone is 3. The molecule has 0 radical (unpaired) electrons. The van der Waals surface area contributed by atoms with Crippen LogP contribution in [0.5, 0.6) is 0 Å². The van der Waals surface area contributed by atoms with Crippen LogP contribution in [0.1, 0.15) is 26.3 Å². The van der Waals surface area contributed by atoms with Crippen molar-refractivity contribution in [3.8, 4) is 44.9 Å². The number of pyridine rings is 1. The summed E-state index contributed by atoms with van der Waals surface area (Å²) in [6.07, 6.45) is 9.87. The monoisotopic (exact) mass is 507 g/mol. The van der Waals surface area contributed by atoms with Gasteiger partial charge >= 0.3 is 0 Å². The van der Waals surface area contributed by atoms with E-state index in [1.165, 1.54) is 22.3 Å². The molecule has 5 rings (SSSR count). The highest BCUT2D eigenvalue weighted by atomic mass is 14.9. The maximum Gasteiger partial charge on any atom is 0.159 e. The molecule has 0 bridgehead atoms. The first kappa shape index (κ1) is 26.0. The molecule has 0 N–H and O–H groups in total. The van der Waals surface area contributed by atoms with Crippen LogP contribution in [0.3, 0.4) is 0 Å². The van der Waals surface area contributed by atoms with Crippen LogP contribution in [-0.4, -0.2) is 15.0 Å². The summed E-state index contributed by atoms with van der Waals surface area (Å²) in [6.45, 7) is 10.6. The molecular formula is C36H33N3. The minimum atomic E-state index is 0.277. The lowest BCUT2D eigenvalue weighted by molar-refractivity contribution is 0.819. The van der Waals surface area contributed by atoms with Crippen molar-refractivity contribution in [1.29, 1.82) is 0 Å². The van der Waals surface area contributed by atoms with Gasteiger partial charge in [-0.15, -0.1) is 6.58 Å². The molecule has 5 aromatic rings. The van der Waals surface area contributed by atoms with Gasteiger partial charge in [0, 0.05) is 40.8 Å².